The van der Waals surface area contributed by atoms with Crippen molar-refractivity contribution < 1.29 is 9.53 Å². The van der Waals surface area contributed by atoms with Gasteiger partial charge in [-0.25, -0.2) is 0 Å². The van der Waals surface area contributed by atoms with Crippen molar-refractivity contribution >= 4 is 33.6 Å². The molecule has 2 heterocycles. The fourth-order valence-corrected chi connectivity index (χ4v) is 4.27. The molecule has 0 radical (unpaired) electrons. The second-order valence-corrected chi connectivity index (χ2v) is 7.16. The van der Waals surface area contributed by atoms with Crippen LogP contribution < -0.4 is 4.74 Å². The molecule has 0 N–H and O–H groups in total. The zero-order valence-electron chi connectivity index (χ0n) is 12.2. The van der Waals surface area contributed by atoms with E-state index in [9.17, 15) is 4.79 Å². The Morgan fingerprint density at radius 2 is 2.18 bits per heavy atom. The third-order valence-corrected chi connectivity index (χ3v) is 5.39. The number of benzene rings is 1. The van der Waals surface area contributed by atoms with Gasteiger partial charge in [-0.05, 0) is 30.3 Å². The molecule has 2 aromatic rings. The first-order valence-corrected chi connectivity index (χ1v) is 8.88. The molecule has 6 heteroatoms. The molecule has 0 bridgehead atoms. The summed E-state index contributed by atoms with van der Waals surface area (Å²) in [5.74, 6) is 1.90. The van der Waals surface area contributed by atoms with Crippen LogP contribution >= 0.6 is 27.7 Å². The number of methoxy groups -OCH3 is 1. The minimum absolute atomic E-state index is 0.00973. The van der Waals surface area contributed by atoms with Gasteiger partial charge in [-0.3, -0.25) is 4.79 Å². The molecular weight excluding hydrogens is 364 g/mol. The highest BCUT2D eigenvalue weighted by Crippen LogP contribution is 2.42. The number of nitrogens with zero attached hydrogens (tertiary/aromatic N) is 2. The van der Waals surface area contributed by atoms with E-state index in [1.807, 2.05) is 52.2 Å². The maximum Gasteiger partial charge on any atom is 0.243 e. The van der Waals surface area contributed by atoms with Gasteiger partial charge in [0, 0.05) is 34.7 Å². The van der Waals surface area contributed by atoms with Crippen LogP contribution in [0.3, 0.4) is 0 Å². The van der Waals surface area contributed by atoms with Crippen molar-refractivity contribution in [3.05, 3.63) is 52.8 Å². The van der Waals surface area contributed by atoms with Gasteiger partial charge < -0.3 is 14.2 Å². The number of amides is 1. The van der Waals surface area contributed by atoms with Crippen molar-refractivity contribution in [2.24, 2.45) is 0 Å². The monoisotopic (exact) mass is 380 g/mol. The first kappa shape index (κ1) is 15.5. The number of rotatable bonds is 4. The number of halogens is 1. The summed E-state index contributed by atoms with van der Waals surface area (Å²) in [5.41, 5.74) is 1.04. The molecule has 1 aromatic carbocycles. The van der Waals surface area contributed by atoms with E-state index in [0.717, 1.165) is 28.1 Å². The zero-order chi connectivity index (χ0) is 15.5. The Bertz CT molecular complexity index is 660. The summed E-state index contributed by atoms with van der Waals surface area (Å²) >= 11 is 5.28. The van der Waals surface area contributed by atoms with Gasteiger partial charge in [-0.2, -0.15) is 0 Å². The lowest BCUT2D eigenvalue weighted by Crippen LogP contribution is -2.33. The average molecular weight is 381 g/mol. The molecule has 1 unspecified atom stereocenters. The summed E-state index contributed by atoms with van der Waals surface area (Å²) in [4.78, 5) is 14.6. The van der Waals surface area contributed by atoms with E-state index in [0.29, 0.717) is 6.54 Å². The van der Waals surface area contributed by atoms with Crippen molar-refractivity contribution in [2.75, 3.05) is 19.4 Å². The van der Waals surface area contributed by atoms with Crippen molar-refractivity contribution in [3.8, 4) is 5.75 Å². The zero-order valence-corrected chi connectivity index (χ0v) is 14.6. The Hall–Kier alpha value is -1.40. The number of ether oxygens (including phenoxy) is 1. The van der Waals surface area contributed by atoms with Crippen LogP contribution in [0.2, 0.25) is 0 Å². The number of aromatic nitrogens is 1. The molecule has 4 nitrogen and oxygen atoms in total. The second kappa shape index (κ2) is 6.79. The number of hydrogen-bond acceptors (Lipinski definition) is 3. The van der Waals surface area contributed by atoms with Crippen LogP contribution in [0.1, 0.15) is 10.9 Å². The lowest BCUT2D eigenvalue weighted by Gasteiger charge is -2.25. The number of carbonyl (C=O) groups is 1. The van der Waals surface area contributed by atoms with E-state index in [4.69, 9.17) is 4.74 Å². The Kier molecular flexibility index (Phi) is 4.78. The summed E-state index contributed by atoms with van der Waals surface area (Å²) in [5, 5.41) is 0.00973. The number of thioether (sulfide) groups is 1. The Labute approximate surface area is 142 Å². The van der Waals surface area contributed by atoms with Gasteiger partial charge in [-0.15, -0.1) is 11.8 Å². The maximum absolute atomic E-state index is 12.6. The van der Waals surface area contributed by atoms with E-state index in [1.54, 1.807) is 18.9 Å². The normalized spacial score (nSPS) is 17.7. The topological polar surface area (TPSA) is 34.5 Å². The minimum atomic E-state index is 0.00973. The van der Waals surface area contributed by atoms with Crippen LogP contribution in [0.5, 0.6) is 5.75 Å². The highest BCUT2D eigenvalue weighted by Gasteiger charge is 2.32. The first-order valence-electron chi connectivity index (χ1n) is 7.04. The molecule has 3 rings (SSSR count). The van der Waals surface area contributed by atoms with Crippen LogP contribution in [0.25, 0.3) is 0 Å². The molecule has 1 fully saturated rings. The Morgan fingerprint density at radius 1 is 1.41 bits per heavy atom. The summed E-state index contributed by atoms with van der Waals surface area (Å²) in [6.07, 6.45) is 3.83. The van der Waals surface area contributed by atoms with Crippen molar-refractivity contribution in [2.45, 2.75) is 11.9 Å². The SMILES string of the molecule is COc1ccc(Br)cc1C1SCCN1C(=O)Cn1cccc1. The van der Waals surface area contributed by atoms with Crippen LogP contribution in [0, 0.1) is 0 Å². The lowest BCUT2D eigenvalue weighted by atomic mass is 10.2. The van der Waals surface area contributed by atoms with Gasteiger partial charge in [0.1, 0.15) is 17.7 Å². The number of hydrogen-bond donors (Lipinski definition) is 0. The van der Waals surface area contributed by atoms with Crippen LogP contribution in [0.15, 0.2) is 47.2 Å². The van der Waals surface area contributed by atoms with E-state index in [-0.39, 0.29) is 11.3 Å². The summed E-state index contributed by atoms with van der Waals surface area (Å²) in [6, 6.07) is 9.79. The largest absolute Gasteiger partial charge is 0.496 e. The van der Waals surface area contributed by atoms with Gasteiger partial charge >= 0.3 is 0 Å². The molecular formula is C16H17BrN2O2S. The smallest absolute Gasteiger partial charge is 0.243 e. The maximum atomic E-state index is 12.6. The lowest BCUT2D eigenvalue weighted by molar-refractivity contribution is -0.132. The fourth-order valence-electron chi connectivity index (χ4n) is 2.60. The van der Waals surface area contributed by atoms with Crippen LogP contribution in [0.4, 0.5) is 0 Å². The summed E-state index contributed by atoms with van der Waals surface area (Å²) in [7, 11) is 1.67. The van der Waals surface area contributed by atoms with Crippen LogP contribution in [-0.2, 0) is 11.3 Å². The molecule has 1 aliphatic heterocycles. The fraction of sp³-hybridized carbons (Fsp3) is 0.312. The van der Waals surface area contributed by atoms with E-state index < -0.39 is 0 Å². The predicted octanol–water partition coefficient (Wildman–Crippen LogP) is 3.53. The van der Waals surface area contributed by atoms with E-state index in [2.05, 4.69) is 15.9 Å². The third-order valence-electron chi connectivity index (χ3n) is 3.65. The molecule has 1 saturated heterocycles. The van der Waals surface area contributed by atoms with Gasteiger partial charge in [0.05, 0.1) is 7.11 Å². The van der Waals surface area contributed by atoms with Gasteiger partial charge in [0.25, 0.3) is 0 Å². The molecule has 1 aromatic heterocycles. The highest BCUT2D eigenvalue weighted by molar-refractivity contribution is 9.10. The second-order valence-electron chi connectivity index (χ2n) is 5.05. The molecule has 1 atom stereocenters. The summed E-state index contributed by atoms with van der Waals surface area (Å²) in [6.45, 7) is 1.14. The van der Waals surface area contributed by atoms with Crippen LogP contribution in [-0.4, -0.2) is 34.8 Å². The molecule has 0 spiro atoms. The molecule has 0 saturated carbocycles. The molecule has 1 amide bonds. The van der Waals surface area contributed by atoms with Crippen molar-refractivity contribution in [1.29, 1.82) is 0 Å². The van der Waals surface area contributed by atoms with Crippen molar-refractivity contribution in [3.63, 3.8) is 0 Å². The minimum Gasteiger partial charge on any atom is -0.496 e. The van der Waals surface area contributed by atoms with E-state index in [1.165, 1.54) is 0 Å². The Balaban J connectivity index is 1.84. The van der Waals surface area contributed by atoms with Crippen molar-refractivity contribution in [1.82, 2.24) is 9.47 Å². The highest BCUT2D eigenvalue weighted by atomic mass is 79.9. The third kappa shape index (κ3) is 3.17. The van der Waals surface area contributed by atoms with Gasteiger partial charge in [0.2, 0.25) is 5.91 Å². The first-order chi connectivity index (χ1) is 10.7. The molecule has 116 valence electrons. The standard InChI is InChI=1S/C16H17BrN2O2S/c1-21-14-5-4-12(17)10-13(14)16-19(8-9-22-16)15(20)11-18-6-2-3-7-18/h2-7,10,16H,8-9,11H2,1H3. The van der Waals surface area contributed by atoms with Gasteiger partial charge in [-0.1, -0.05) is 15.9 Å². The number of carbonyl (C=O) groups excluding carboxylic acids is 1. The summed E-state index contributed by atoms with van der Waals surface area (Å²) < 4.78 is 8.37. The average Bonchev–Trinajstić information content (AvgIpc) is 3.18. The molecule has 1 aliphatic rings. The van der Waals surface area contributed by atoms with Gasteiger partial charge in [0.15, 0.2) is 0 Å². The quantitative estimate of drug-likeness (QED) is 0.813. The molecule has 0 aliphatic carbocycles. The Morgan fingerprint density at radius 3 is 2.91 bits per heavy atom. The molecule has 22 heavy (non-hydrogen) atoms. The van der Waals surface area contributed by atoms with E-state index >= 15 is 0 Å². The predicted molar refractivity (Wildman–Crippen MR) is 92.0 cm³/mol.